The molecule has 2 unspecified atom stereocenters. The number of allylic oxidation sites excluding steroid dienone is 2. The van der Waals surface area contributed by atoms with Crippen molar-refractivity contribution in [3.63, 3.8) is 0 Å². The first-order valence-electron chi connectivity index (χ1n) is 12.8. The van der Waals surface area contributed by atoms with E-state index in [-0.39, 0.29) is 12.0 Å². The fraction of sp³-hybridized carbons (Fsp3) is 0.321. The van der Waals surface area contributed by atoms with Crippen molar-refractivity contribution in [1.29, 1.82) is 5.26 Å². The van der Waals surface area contributed by atoms with Gasteiger partial charge in [-0.3, -0.25) is 9.88 Å². The Balaban J connectivity index is 1.28. The van der Waals surface area contributed by atoms with E-state index in [9.17, 15) is 5.26 Å². The van der Waals surface area contributed by atoms with Crippen LogP contribution >= 0.6 is 0 Å². The van der Waals surface area contributed by atoms with E-state index in [1.165, 1.54) is 6.33 Å². The monoisotopic (exact) mass is 507 g/mol. The SMILES string of the molecule is Cc1cccc(-c2[nH]c(CNC3C=CC=C(C#N)C3CN3CCOCC3)nc2-c2ccc3ncnn3c2)n1. The third kappa shape index (κ3) is 4.99. The molecule has 0 radical (unpaired) electrons. The first-order valence-corrected chi connectivity index (χ1v) is 12.8. The number of hydrogen-bond acceptors (Lipinski definition) is 8. The maximum absolute atomic E-state index is 9.81. The summed E-state index contributed by atoms with van der Waals surface area (Å²) in [5.41, 5.74) is 5.91. The van der Waals surface area contributed by atoms with Crippen LogP contribution in [0.25, 0.3) is 28.3 Å². The van der Waals surface area contributed by atoms with Crippen molar-refractivity contribution in [3.05, 3.63) is 78.2 Å². The molecule has 0 amide bonds. The van der Waals surface area contributed by atoms with E-state index in [0.717, 1.165) is 78.2 Å². The van der Waals surface area contributed by atoms with Crippen molar-refractivity contribution in [3.8, 4) is 28.7 Å². The lowest BCUT2D eigenvalue weighted by molar-refractivity contribution is 0.0315. The van der Waals surface area contributed by atoms with Crippen molar-refractivity contribution in [2.24, 2.45) is 5.92 Å². The van der Waals surface area contributed by atoms with Crippen LogP contribution in [-0.4, -0.2) is 73.3 Å². The molecule has 0 aromatic carbocycles. The van der Waals surface area contributed by atoms with E-state index in [2.05, 4.69) is 37.4 Å². The standard InChI is InChI=1S/C28H29N9O/c1-19-4-2-7-24(33-19)28-27(21-8-9-26-31-18-32-37(26)16-21)34-25(35-28)15-30-23-6-3-5-20(14-29)22(23)17-36-10-12-38-13-11-36/h2-9,16,18,22-23,30H,10-13,15,17H2,1H3,(H,34,35). The van der Waals surface area contributed by atoms with E-state index in [0.29, 0.717) is 6.54 Å². The van der Waals surface area contributed by atoms with Crippen molar-refractivity contribution in [1.82, 2.24) is 39.8 Å². The van der Waals surface area contributed by atoms with Crippen LogP contribution in [0.15, 0.2) is 66.7 Å². The number of nitrogens with zero attached hydrogens (tertiary/aromatic N) is 7. The van der Waals surface area contributed by atoms with Gasteiger partial charge < -0.3 is 15.0 Å². The molecule has 4 aromatic heterocycles. The maximum Gasteiger partial charge on any atom is 0.155 e. The fourth-order valence-corrected chi connectivity index (χ4v) is 5.09. The second kappa shape index (κ2) is 10.7. The highest BCUT2D eigenvalue weighted by Crippen LogP contribution is 2.30. The van der Waals surface area contributed by atoms with Gasteiger partial charge in [-0.2, -0.15) is 10.4 Å². The molecule has 1 fully saturated rings. The Bertz CT molecular complexity index is 1540. The number of fused-ring (bicyclic) bond motifs is 1. The molecule has 1 aliphatic carbocycles. The molecule has 2 N–H and O–H groups in total. The lowest BCUT2D eigenvalue weighted by Gasteiger charge is -2.34. The van der Waals surface area contributed by atoms with Gasteiger partial charge in [0.25, 0.3) is 0 Å². The number of nitrogens with one attached hydrogen (secondary N) is 2. The van der Waals surface area contributed by atoms with Gasteiger partial charge in [0, 0.05) is 54.6 Å². The minimum absolute atomic E-state index is 0.0121. The Morgan fingerprint density at radius 3 is 2.92 bits per heavy atom. The minimum atomic E-state index is 0.0121. The molecule has 2 atom stereocenters. The smallest absolute Gasteiger partial charge is 0.155 e. The van der Waals surface area contributed by atoms with Gasteiger partial charge in [-0.25, -0.2) is 14.5 Å². The van der Waals surface area contributed by atoms with E-state index < -0.39 is 0 Å². The number of hydrogen-bond donors (Lipinski definition) is 2. The number of morpholine rings is 1. The lowest BCUT2D eigenvalue weighted by Crippen LogP contribution is -2.46. The zero-order chi connectivity index (χ0) is 25.9. The third-order valence-electron chi connectivity index (χ3n) is 7.06. The average Bonchev–Trinajstić information content (AvgIpc) is 3.60. The van der Waals surface area contributed by atoms with Crippen molar-refractivity contribution in [2.75, 3.05) is 32.8 Å². The van der Waals surface area contributed by atoms with Crippen molar-refractivity contribution in [2.45, 2.75) is 19.5 Å². The van der Waals surface area contributed by atoms with Crippen molar-refractivity contribution >= 4 is 5.65 Å². The molecule has 6 rings (SSSR count). The minimum Gasteiger partial charge on any atom is -0.379 e. The summed E-state index contributed by atoms with van der Waals surface area (Å²) in [5.74, 6) is 0.855. The van der Waals surface area contributed by atoms with Gasteiger partial charge in [0.1, 0.15) is 12.2 Å². The van der Waals surface area contributed by atoms with Crippen LogP contribution < -0.4 is 5.32 Å². The lowest BCUT2D eigenvalue weighted by atomic mass is 9.87. The summed E-state index contributed by atoms with van der Waals surface area (Å²) in [5, 5.41) is 17.7. The highest BCUT2D eigenvalue weighted by Gasteiger charge is 2.28. The van der Waals surface area contributed by atoms with Gasteiger partial charge in [-0.05, 0) is 37.3 Å². The largest absolute Gasteiger partial charge is 0.379 e. The number of ether oxygens (including phenoxy) is 1. The zero-order valence-corrected chi connectivity index (χ0v) is 21.2. The normalized spacial score (nSPS) is 19.9. The molecule has 10 heteroatoms. The van der Waals surface area contributed by atoms with Crippen LogP contribution in [0.3, 0.4) is 0 Å². The van der Waals surface area contributed by atoms with Gasteiger partial charge in [0.05, 0.1) is 42.9 Å². The second-order valence-corrected chi connectivity index (χ2v) is 9.60. The van der Waals surface area contributed by atoms with Crippen LogP contribution in [0.5, 0.6) is 0 Å². The molecule has 1 saturated heterocycles. The quantitative estimate of drug-likeness (QED) is 0.392. The Morgan fingerprint density at radius 2 is 2.08 bits per heavy atom. The Morgan fingerprint density at radius 1 is 1.18 bits per heavy atom. The summed E-state index contributed by atoms with van der Waals surface area (Å²) < 4.78 is 7.25. The number of rotatable bonds is 7. The van der Waals surface area contributed by atoms with Crippen LogP contribution in [-0.2, 0) is 11.3 Å². The molecule has 10 nitrogen and oxygen atoms in total. The molecule has 2 aliphatic rings. The number of aryl methyl sites for hydroxylation is 1. The van der Waals surface area contributed by atoms with E-state index >= 15 is 0 Å². The third-order valence-corrected chi connectivity index (χ3v) is 7.06. The number of pyridine rings is 2. The van der Waals surface area contributed by atoms with Gasteiger partial charge in [0.2, 0.25) is 0 Å². The molecule has 192 valence electrons. The highest BCUT2D eigenvalue weighted by molar-refractivity contribution is 5.77. The second-order valence-electron chi connectivity index (χ2n) is 9.60. The highest BCUT2D eigenvalue weighted by atomic mass is 16.5. The number of aromatic nitrogens is 6. The maximum atomic E-state index is 9.81. The summed E-state index contributed by atoms with van der Waals surface area (Å²) >= 11 is 0. The Kier molecular flexibility index (Phi) is 6.79. The zero-order valence-electron chi connectivity index (χ0n) is 21.2. The first kappa shape index (κ1) is 24.2. The summed E-state index contributed by atoms with van der Waals surface area (Å²) in [6.07, 6.45) is 9.50. The van der Waals surface area contributed by atoms with Crippen LogP contribution in [0.4, 0.5) is 0 Å². The first-order chi connectivity index (χ1) is 18.7. The van der Waals surface area contributed by atoms with E-state index in [1.807, 2.05) is 55.6 Å². The predicted molar refractivity (Wildman–Crippen MR) is 143 cm³/mol. The van der Waals surface area contributed by atoms with Crippen LogP contribution in [0.1, 0.15) is 11.5 Å². The number of nitriles is 1. The molecule has 38 heavy (non-hydrogen) atoms. The van der Waals surface area contributed by atoms with Gasteiger partial charge in [0.15, 0.2) is 5.65 Å². The number of aromatic amines is 1. The fourth-order valence-electron chi connectivity index (χ4n) is 5.09. The summed E-state index contributed by atoms with van der Waals surface area (Å²) in [7, 11) is 0. The average molecular weight is 508 g/mol. The number of H-pyrrole nitrogens is 1. The van der Waals surface area contributed by atoms with Crippen molar-refractivity contribution < 1.29 is 4.74 Å². The van der Waals surface area contributed by atoms with Crippen LogP contribution in [0, 0.1) is 24.2 Å². The van der Waals surface area contributed by atoms with E-state index in [4.69, 9.17) is 14.7 Å². The molecule has 4 aromatic rings. The molecule has 1 aliphatic heterocycles. The Hall–Kier alpha value is -4.17. The molecule has 0 spiro atoms. The number of imidazole rings is 1. The predicted octanol–water partition coefficient (Wildman–Crippen LogP) is 2.92. The van der Waals surface area contributed by atoms with Gasteiger partial charge >= 0.3 is 0 Å². The molecular formula is C28H29N9O. The van der Waals surface area contributed by atoms with Gasteiger partial charge in [-0.15, -0.1) is 0 Å². The molecule has 5 heterocycles. The van der Waals surface area contributed by atoms with Crippen LogP contribution in [0.2, 0.25) is 0 Å². The van der Waals surface area contributed by atoms with Gasteiger partial charge in [-0.1, -0.05) is 18.2 Å². The Labute approximate surface area is 220 Å². The van der Waals surface area contributed by atoms with E-state index in [1.54, 1.807) is 4.52 Å². The topological polar surface area (TPSA) is 120 Å². The molecule has 0 bridgehead atoms. The summed E-state index contributed by atoms with van der Waals surface area (Å²) in [4.78, 5) is 19.9. The summed E-state index contributed by atoms with van der Waals surface area (Å²) in [6, 6.07) is 12.3. The molecular weight excluding hydrogens is 478 g/mol. The summed E-state index contributed by atoms with van der Waals surface area (Å²) in [6.45, 7) is 6.54. The molecule has 0 saturated carbocycles.